The van der Waals surface area contributed by atoms with Crippen molar-refractivity contribution in [3.8, 4) is 5.75 Å². The number of ether oxygens (including phenoxy) is 1. The van der Waals surface area contributed by atoms with E-state index in [9.17, 15) is 13.6 Å². The van der Waals surface area contributed by atoms with Gasteiger partial charge in [0.15, 0.2) is 5.96 Å². The van der Waals surface area contributed by atoms with Crippen molar-refractivity contribution in [1.82, 2.24) is 15.1 Å². The van der Waals surface area contributed by atoms with Crippen LogP contribution < -0.4 is 10.1 Å². The number of nitrogens with one attached hydrogen (secondary N) is 1. The smallest absolute Gasteiger partial charge is 0.387 e. The molecule has 0 aliphatic carbocycles. The highest BCUT2D eigenvalue weighted by molar-refractivity contribution is 5.85. The summed E-state index contributed by atoms with van der Waals surface area (Å²) in [6.45, 7) is 1.67. The van der Waals surface area contributed by atoms with Crippen LogP contribution in [0.15, 0.2) is 53.5 Å². The minimum atomic E-state index is -2.84. The molecule has 1 aliphatic heterocycles. The van der Waals surface area contributed by atoms with Crippen LogP contribution in [0.3, 0.4) is 0 Å². The lowest BCUT2D eigenvalue weighted by molar-refractivity contribution is -0.130. The number of halogens is 2. The molecule has 0 saturated carbocycles. The minimum Gasteiger partial charge on any atom is -0.435 e. The maximum absolute atomic E-state index is 12.7. The summed E-state index contributed by atoms with van der Waals surface area (Å²) in [7, 11) is 1.87. The van der Waals surface area contributed by atoms with E-state index in [1.807, 2.05) is 35.9 Å². The zero-order valence-corrected chi connectivity index (χ0v) is 17.9. The van der Waals surface area contributed by atoms with E-state index in [1.54, 1.807) is 12.1 Å². The SMILES string of the molecule is CCNC(=NCC(=O)N1CCc2ccccc2C1)N(C)Cc1ccc(OC(F)F)cc1. The molecule has 31 heavy (non-hydrogen) atoms. The van der Waals surface area contributed by atoms with Gasteiger partial charge in [0, 0.05) is 33.2 Å². The van der Waals surface area contributed by atoms with E-state index in [4.69, 9.17) is 0 Å². The number of fused-ring (bicyclic) bond motifs is 1. The van der Waals surface area contributed by atoms with Crippen LogP contribution in [0.2, 0.25) is 0 Å². The predicted molar refractivity (Wildman–Crippen MR) is 116 cm³/mol. The molecule has 2 aromatic carbocycles. The molecule has 1 aliphatic rings. The highest BCUT2D eigenvalue weighted by Gasteiger charge is 2.20. The van der Waals surface area contributed by atoms with Crippen molar-refractivity contribution < 1.29 is 18.3 Å². The Labute approximate surface area is 181 Å². The number of alkyl halides is 2. The Morgan fingerprint density at radius 2 is 1.90 bits per heavy atom. The number of carbonyl (C=O) groups excluding carboxylic acids is 1. The first-order chi connectivity index (χ1) is 15.0. The van der Waals surface area contributed by atoms with Crippen molar-refractivity contribution in [2.45, 2.75) is 33.0 Å². The molecule has 1 heterocycles. The highest BCUT2D eigenvalue weighted by Crippen LogP contribution is 2.19. The quantitative estimate of drug-likeness (QED) is 0.541. The molecule has 0 radical (unpaired) electrons. The van der Waals surface area contributed by atoms with Crippen molar-refractivity contribution in [2.75, 3.05) is 26.7 Å². The van der Waals surface area contributed by atoms with Crippen LogP contribution in [0.1, 0.15) is 23.6 Å². The first kappa shape index (κ1) is 22.5. The normalized spacial score (nSPS) is 13.7. The summed E-state index contributed by atoms with van der Waals surface area (Å²) < 4.78 is 29.0. The fourth-order valence-electron chi connectivity index (χ4n) is 3.55. The average Bonchev–Trinajstić information content (AvgIpc) is 2.77. The molecule has 8 heteroatoms. The van der Waals surface area contributed by atoms with Crippen LogP contribution in [0, 0.1) is 0 Å². The van der Waals surface area contributed by atoms with E-state index in [2.05, 4.69) is 27.2 Å². The number of benzene rings is 2. The molecule has 0 bridgehead atoms. The Bertz CT molecular complexity index is 903. The summed E-state index contributed by atoms with van der Waals surface area (Å²) in [5, 5.41) is 3.20. The molecule has 6 nitrogen and oxygen atoms in total. The van der Waals surface area contributed by atoms with Gasteiger partial charge in [-0.3, -0.25) is 4.79 Å². The van der Waals surface area contributed by atoms with Crippen molar-refractivity contribution in [3.05, 3.63) is 65.2 Å². The lowest BCUT2D eigenvalue weighted by atomic mass is 10.00. The first-order valence-electron chi connectivity index (χ1n) is 10.3. The van der Waals surface area contributed by atoms with Gasteiger partial charge in [-0.15, -0.1) is 0 Å². The van der Waals surface area contributed by atoms with Crippen molar-refractivity contribution >= 4 is 11.9 Å². The molecule has 0 aromatic heterocycles. The van der Waals surface area contributed by atoms with Crippen LogP contribution in [-0.2, 0) is 24.3 Å². The van der Waals surface area contributed by atoms with Gasteiger partial charge >= 0.3 is 6.61 Å². The van der Waals surface area contributed by atoms with Gasteiger partial charge in [0.1, 0.15) is 12.3 Å². The third-order valence-corrected chi connectivity index (χ3v) is 5.11. The largest absolute Gasteiger partial charge is 0.435 e. The van der Waals surface area contributed by atoms with Crippen LogP contribution in [-0.4, -0.2) is 55.0 Å². The molecule has 0 spiro atoms. The Balaban J connectivity index is 1.59. The topological polar surface area (TPSA) is 57.2 Å². The maximum Gasteiger partial charge on any atom is 0.387 e. The summed E-state index contributed by atoms with van der Waals surface area (Å²) in [5.41, 5.74) is 3.40. The summed E-state index contributed by atoms with van der Waals surface area (Å²) >= 11 is 0. The highest BCUT2D eigenvalue weighted by atomic mass is 19.3. The van der Waals surface area contributed by atoms with Gasteiger partial charge in [0.25, 0.3) is 0 Å². The lowest BCUT2D eigenvalue weighted by Crippen LogP contribution is -2.41. The van der Waals surface area contributed by atoms with Crippen LogP contribution in [0.5, 0.6) is 5.75 Å². The van der Waals surface area contributed by atoms with E-state index >= 15 is 0 Å². The molecule has 0 fully saturated rings. The van der Waals surface area contributed by atoms with E-state index in [-0.39, 0.29) is 18.2 Å². The lowest BCUT2D eigenvalue weighted by Gasteiger charge is -2.29. The summed E-state index contributed by atoms with van der Waals surface area (Å²) in [6.07, 6.45) is 0.858. The van der Waals surface area contributed by atoms with Gasteiger partial charge < -0.3 is 19.9 Å². The second kappa shape index (κ2) is 10.7. The Morgan fingerprint density at radius 3 is 2.58 bits per heavy atom. The van der Waals surface area contributed by atoms with Crippen molar-refractivity contribution in [2.24, 2.45) is 4.99 Å². The zero-order valence-electron chi connectivity index (χ0n) is 17.9. The van der Waals surface area contributed by atoms with Gasteiger partial charge in [-0.25, -0.2) is 4.99 Å². The Kier molecular flexibility index (Phi) is 7.81. The first-order valence-corrected chi connectivity index (χ1v) is 10.3. The van der Waals surface area contributed by atoms with Crippen LogP contribution in [0.25, 0.3) is 0 Å². The molecule has 1 amide bonds. The van der Waals surface area contributed by atoms with E-state index < -0.39 is 6.61 Å². The molecule has 2 aromatic rings. The number of carbonyl (C=O) groups is 1. The molecular weight excluding hydrogens is 402 g/mol. The molecule has 166 valence electrons. The van der Waals surface area contributed by atoms with Crippen LogP contribution >= 0.6 is 0 Å². The van der Waals surface area contributed by atoms with Gasteiger partial charge in [-0.2, -0.15) is 8.78 Å². The number of nitrogens with zero attached hydrogens (tertiary/aromatic N) is 3. The summed E-state index contributed by atoms with van der Waals surface area (Å²) in [6, 6.07) is 14.7. The van der Waals surface area contributed by atoms with E-state index in [1.165, 1.54) is 23.3 Å². The second-order valence-electron chi connectivity index (χ2n) is 7.38. The molecule has 1 N–H and O–H groups in total. The van der Waals surface area contributed by atoms with Gasteiger partial charge in [-0.05, 0) is 42.2 Å². The monoisotopic (exact) mass is 430 g/mol. The van der Waals surface area contributed by atoms with Gasteiger partial charge in [0.2, 0.25) is 5.91 Å². The maximum atomic E-state index is 12.7. The van der Waals surface area contributed by atoms with Crippen LogP contribution in [0.4, 0.5) is 8.78 Å². The number of aliphatic imine (C=N–C) groups is 1. The number of guanidine groups is 1. The van der Waals surface area contributed by atoms with E-state index in [0.717, 1.165) is 12.0 Å². The number of hydrogen-bond donors (Lipinski definition) is 1. The third kappa shape index (κ3) is 6.41. The number of rotatable bonds is 7. The predicted octanol–water partition coefficient (Wildman–Crippen LogP) is 3.27. The molecule has 0 saturated heterocycles. The third-order valence-electron chi connectivity index (χ3n) is 5.11. The van der Waals surface area contributed by atoms with Crippen molar-refractivity contribution in [3.63, 3.8) is 0 Å². The molecule has 0 atom stereocenters. The average molecular weight is 430 g/mol. The number of amides is 1. The van der Waals surface area contributed by atoms with Crippen molar-refractivity contribution in [1.29, 1.82) is 0 Å². The summed E-state index contributed by atoms with van der Waals surface area (Å²) in [5.74, 6) is 0.726. The molecule has 3 rings (SSSR count). The summed E-state index contributed by atoms with van der Waals surface area (Å²) in [4.78, 5) is 21.0. The molecular formula is C23H28F2N4O2. The minimum absolute atomic E-state index is 0.00759. The van der Waals surface area contributed by atoms with Gasteiger partial charge in [-0.1, -0.05) is 36.4 Å². The van der Waals surface area contributed by atoms with E-state index in [0.29, 0.717) is 32.1 Å². The Hall–Kier alpha value is -3.16. The fraction of sp³-hybridized carbons (Fsp3) is 0.391. The zero-order chi connectivity index (χ0) is 22.2. The Morgan fingerprint density at radius 1 is 1.19 bits per heavy atom. The fourth-order valence-corrected chi connectivity index (χ4v) is 3.55. The molecule has 0 unspecified atom stereocenters. The number of hydrogen-bond acceptors (Lipinski definition) is 3. The van der Waals surface area contributed by atoms with Gasteiger partial charge in [0.05, 0.1) is 0 Å². The standard InChI is InChI=1S/C23H28F2N4O2/c1-3-26-23(28(2)15-17-8-10-20(11-9-17)31-22(24)25)27-14-21(30)29-13-12-18-6-4-5-7-19(18)16-29/h4-11,22H,3,12-16H2,1-2H3,(H,26,27). The second-order valence-corrected chi connectivity index (χ2v) is 7.38.